The molecular formula is C15H29N5O. The number of hydrogen-bond acceptors (Lipinski definition) is 4. The fourth-order valence-corrected chi connectivity index (χ4v) is 2.01. The average molecular weight is 295 g/mol. The van der Waals surface area contributed by atoms with Gasteiger partial charge in [0.1, 0.15) is 6.54 Å². The van der Waals surface area contributed by atoms with Gasteiger partial charge in [-0.15, -0.1) is 0 Å². The Bertz CT molecular complexity index is 427. The lowest BCUT2D eigenvalue weighted by Gasteiger charge is -2.18. The van der Waals surface area contributed by atoms with Gasteiger partial charge in [-0.1, -0.05) is 31.8 Å². The van der Waals surface area contributed by atoms with E-state index >= 15 is 0 Å². The monoisotopic (exact) mass is 295 g/mol. The highest BCUT2D eigenvalue weighted by Gasteiger charge is 2.07. The maximum Gasteiger partial charge on any atom is 0.223 e. The molecule has 1 heterocycles. The fraction of sp³-hybridized carbons (Fsp3) is 0.800. The van der Waals surface area contributed by atoms with E-state index in [-0.39, 0.29) is 0 Å². The summed E-state index contributed by atoms with van der Waals surface area (Å²) in [6.45, 7) is 11.8. The highest BCUT2D eigenvalue weighted by Crippen LogP contribution is 2.08. The van der Waals surface area contributed by atoms with Gasteiger partial charge in [-0.05, 0) is 26.2 Å². The van der Waals surface area contributed by atoms with Gasteiger partial charge >= 0.3 is 0 Å². The molecule has 1 rings (SSSR count). The quantitative estimate of drug-likeness (QED) is 0.569. The molecule has 0 saturated heterocycles. The first-order chi connectivity index (χ1) is 10.0. The molecule has 0 amide bonds. The summed E-state index contributed by atoms with van der Waals surface area (Å²) in [5, 5.41) is 10.5. The van der Waals surface area contributed by atoms with Crippen LogP contribution >= 0.6 is 0 Å². The molecule has 0 aliphatic carbocycles. The van der Waals surface area contributed by atoms with Crippen molar-refractivity contribution in [3.8, 4) is 0 Å². The van der Waals surface area contributed by atoms with E-state index in [9.17, 15) is 0 Å². The summed E-state index contributed by atoms with van der Waals surface area (Å²) in [4.78, 5) is 8.64. The van der Waals surface area contributed by atoms with Crippen LogP contribution in [-0.4, -0.2) is 28.7 Å². The van der Waals surface area contributed by atoms with Crippen molar-refractivity contribution in [3.63, 3.8) is 0 Å². The van der Waals surface area contributed by atoms with Gasteiger partial charge in [0.15, 0.2) is 11.8 Å². The molecule has 1 aromatic heterocycles. The second-order valence-electron chi connectivity index (χ2n) is 5.79. The summed E-state index contributed by atoms with van der Waals surface area (Å²) < 4.78 is 4.94. The molecule has 6 heteroatoms. The Morgan fingerprint density at radius 2 is 2.05 bits per heavy atom. The van der Waals surface area contributed by atoms with Crippen LogP contribution < -0.4 is 10.6 Å². The van der Waals surface area contributed by atoms with Gasteiger partial charge in [-0.25, -0.2) is 4.99 Å². The number of aromatic nitrogens is 2. The van der Waals surface area contributed by atoms with Crippen molar-refractivity contribution in [1.82, 2.24) is 20.8 Å². The lowest BCUT2D eigenvalue weighted by atomic mass is 10.0. The van der Waals surface area contributed by atoms with Crippen molar-refractivity contribution in [2.24, 2.45) is 10.9 Å². The molecule has 120 valence electrons. The van der Waals surface area contributed by atoms with E-state index in [0.717, 1.165) is 24.8 Å². The Hall–Kier alpha value is -1.59. The number of hydrogen-bond donors (Lipinski definition) is 2. The van der Waals surface area contributed by atoms with Gasteiger partial charge in [-0.2, -0.15) is 4.98 Å². The van der Waals surface area contributed by atoms with E-state index in [2.05, 4.69) is 53.5 Å². The second-order valence-corrected chi connectivity index (χ2v) is 5.79. The van der Waals surface area contributed by atoms with Crippen LogP contribution in [0.5, 0.6) is 0 Å². The fourth-order valence-electron chi connectivity index (χ4n) is 2.01. The molecule has 0 saturated carbocycles. The topological polar surface area (TPSA) is 75.3 Å². The normalized spacial score (nSPS) is 13.5. The van der Waals surface area contributed by atoms with Gasteiger partial charge in [0.05, 0.1) is 0 Å². The van der Waals surface area contributed by atoms with Crippen LogP contribution in [0.3, 0.4) is 0 Å². The Balaban J connectivity index is 2.44. The van der Waals surface area contributed by atoms with E-state index < -0.39 is 0 Å². The molecule has 0 radical (unpaired) electrons. The molecule has 0 bridgehead atoms. The molecule has 0 aromatic carbocycles. The Labute approximate surface area is 127 Å². The zero-order chi connectivity index (χ0) is 15.7. The summed E-state index contributed by atoms with van der Waals surface area (Å²) in [6, 6.07) is 0.397. The van der Waals surface area contributed by atoms with Gasteiger partial charge in [0.25, 0.3) is 0 Å². The highest BCUT2D eigenvalue weighted by molar-refractivity contribution is 5.79. The molecule has 0 spiro atoms. The maximum absolute atomic E-state index is 4.94. The van der Waals surface area contributed by atoms with Gasteiger partial charge in [0, 0.05) is 19.5 Å². The third kappa shape index (κ3) is 7.68. The van der Waals surface area contributed by atoms with Crippen LogP contribution in [0.15, 0.2) is 9.52 Å². The molecule has 21 heavy (non-hydrogen) atoms. The van der Waals surface area contributed by atoms with Crippen LogP contribution in [0.4, 0.5) is 0 Å². The average Bonchev–Trinajstić information content (AvgIpc) is 2.81. The van der Waals surface area contributed by atoms with Crippen LogP contribution in [0.1, 0.15) is 58.7 Å². The van der Waals surface area contributed by atoms with Gasteiger partial charge < -0.3 is 15.2 Å². The first-order valence-electron chi connectivity index (χ1n) is 7.85. The lowest BCUT2D eigenvalue weighted by Crippen LogP contribution is -2.42. The molecule has 1 unspecified atom stereocenters. The van der Waals surface area contributed by atoms with E-state index in [1.807, 2.05) is 0 Å². The van der Waals surface area contributed by atoms with Gasteiger partial charge in [-0.3, -0.25) is 0 Å². The van der Waals surface area contributed by atoms with Crippen molar-refractivity contribution < 1.29 is 4.52 Å². The Kier molecular flexibility index (Phi) is 7.79. The third-order valence-electron chi connectivity index (χ3n) is 3.09. The highest BCUT2D eigenvalue weighted by atomic mass is 16.5. The summed E-state index contributed by atoms with van der Waals surface area (Å²) in [5.74, 6) is 2.75. The van der Waals surface area contributed by atoms with Gasteiger partial charge in [0.2, 0.25) is 5.89 Å². The number of aliphatic imine (C=N–C) groups is 1. The summed E-state index contributed by atoms with van der Waals surface area (Å²) in [5.41, 5.74) is 0. The number of nitrogens with zero attached hydrogens (tertiary/aromatic N) is 3. The molecular weight excluding hydrogens is 266 g/mol. The number of rotatable bonds is 8. The maximum atomic E-state index is 4.94. The summed E-state index contributed by atoms with van der Waals surface area (Å²) in [7, 11) is 0. The van der Waals surface area contributed by atoms with E-state index in [1.165, 1.54) is 12.8 Å². The van der Waals surface area contributed by atoms with Crippen molar-refractivity contribution in [2.75, 3.05) is 6.54 Å². The summed E-state index contributed by atoms with van der Waals surface area (Å²) >= 11 is 0. The number of nitrogens with one attached hydrogen (secondary N) is 2. The zero-order valence-corrected chi connectivity index (χ0v) is 13.9. The zero-order valence-electron chi connectivity index (χ0n) is 13.9. The minimum Gasteiger partial charge on any atom is -0.357 e. The van der Waals surface area contributed by atoms with Crippen LogP contribution in [0.2, 0.25) is 0 Å². The van der Waals surface area contributed by atoms with Crippen molar-refractivity contribution in [3.05, 3.63) is 11.7 Å². The van der Waals surface area contributed by atoms with Crippen LogP contribution in [0.25, 0.3) is 0 Å². The van der Waals surface area contributed by atoms with Crippen molar-refractivity contribution in [1.29, 1.82) is 0 Å². The number of aryl methyl sites for hydroxylation is 1. The third-order valence-corrected chi connectivity index (χ3v) is 3.09. The predicted octanol–water partition coefficient (Wildman–Crippen LogP) is 2.65. The lowest BCUT2D eigenvalue weighted by molar-refractivity contribution is 0.387. The molecule has 1 aromatic rings. The van der Waals surface area contributed by atoms with E-state index in [0.29, 0.717) is 24.3 Å². The van der Waals surface area contributed by atoms with Crippen LogP contribution in [-0.2, 0) is 6.54 Å². The summed E-state index contributed by atoms with van der Waals surface area (Å²) in [6.07, 6.45) is 3.64. The standard InChI is InChI=1S/C15H29N5O/c1-6-16-15(17-10-14-19-13(5)21-20-14)18-12(4)9-7-8-11(2)3/h11-12H,6-10H2,1-5H3,(H2,16,17,18). The van der Waals surface area contributed by atoms with E-state index in [4.69, 9.17) is 4.52 Å². The molecule has 0 fully saturated rings. The van der Waals surface area contributed by atoms with Crippen molar-refractivity contribution in [2.45, 2.75) is 66.5 Å². The molecule has 2 N–H and O–H groups in total. The van der Waals surface area contributed by atoms with Crippen LogP contribution in [0, 0.1) is 12.8 Å². The van der Waals surface area contributed by atoms with E-state index in [1.54, 1.807) is 6.92 Å². The first-order valence-corrected chi connectivity index (χ1v) is 7.85. The minimum atomic E-state index is 0.397. The van der Waals surface area contributed by atoms with Crippen molar-refractivity contribution >= 4 is 5.96 Å². The minimum absolute atomic E-state index is 0.397. The Morgan fingerprint density at radius 1 is 1.29 bits per heavy atom. The largest absolute Gasteiger partial charge is 0.357 e. The molecule has 0 aliphatic rings. The Morgan fingerprint density at radius 3 is 2.62 bits per heavy atom. The smallest absolute Gasteiger partial charge is 0.223 e. The molecule has 1 atom stereocenters. The SMILES string of the molecule is CCNC(=NCc1noc(C)n1)NC(C)CCCC(C)C. The second kappa shape index (κ2) is 9.37. The molecule has 0 aliphatic heterocycles. The predicted molar refractivity (Wildman–Crippen MR) is 85.1 cm³/mol. The number of guanidine groups is 1. The molecule has 6 nitrogen and oxygen atoms in total. The first kappa shape index (κ1) is 17.5.